The maximum absolute atomic E-state index is 10.0. The SMILES string of the molecule is CCCCCCC(O)c1csc(C(C)(C)C)n1. The number of aliphatic hydroxyl groups is 1. The minimum absolute atomic E-state index is 0.0881. The average Bonchev–Trinajstić information content (AvgIpc) is 2.72. The summed E-state index contributed by atoms with van der Waals surface area (Å²) in [6.07, 6.45) is 5.27. The average molecular weight is 255 g/mol. The zero-order valence-corrected chi connectivity index (χ0v) is 12.3. The summed E-state index contributed by atoms with van der Waals surface area (Å²) in [6.45, 7) is 8.67. The van der Waals surface area contributed by atoms with Gasteiger partial charge in [0.05, 0.1) is 16.8 Å². The summed E-state index contributed by atoms with van der Waals surface area (Å²) in [5, 5.41) is 13.2. The van der Waals surface area contributed by atoms with Crippen LogP contribution in [0.1, 0.15) is 76.6 Å². The van der Waals surface area contributed by atoms with Crippen molar-refractivity contribution < 1.29 is 5.11 Å². The highest BCUT2D eigenvalue weighted by Gasteiger charge is 2.20. The Kier molecular flexibility index (Phi) is 5.60. The zero-order valence-electron chi connectivity index (χ0n) is 11.5. The summed E-state index contributed by atoms with van der Waals surface area (Å²) in [5.74, 6) is 0. The van der Waals surface area contributed by atoms with E-state index < -0.39 is 0 Å². The van der Waals surface area contributed by atoms with Crippen molar-refractivity contribution in [3.8, 4) is 0 Å². The summed E-state index contributed by atoms with van der Waals surface area (Å²) in [4.78, 5) is 4.55. The van der Waals surface area contributed by atoms with E-state index in [0.717, 1.165) is 23.5 Å². The van der Waals surface area contributed by atoms with Crippen LogP contribution in [-0.2, 0) is 5.41 Å². The van der Waals surface area contributed by atoms with E-state index >= 15 is 0 Å². The maximum atomic E-state index is 10.0. The molecular formula is C14H25NOS. The smallest absolute Gasteiger partial charge is 0.0983 e. The minimum atomic E-state index is -0.376. The molecule has 2 nitrogen and oxygen atoms in total. The second-order valence-corrected chi connectivity index (χ2v) is 6.55. The fourth-order valence-electron chi connectivity index (χ4n) is 1.70. The number of aromatic nitrogens is 1. The number of rotatable bonds is 6. The van der Waals surface area contributed by atoms with Gasteiger partial charge in [-0.25, -0.2) is 4.98 Å². The van der Waals surface area contributed by atoms with Crippen molar-refractivity contribution in [2.45, 2.75) is 71.3 Å². The van der Waals surface area contributed by atoms with Crippen LogP contribution in [0.5, 0.6) is 0 Å². The van der Waals surface area contributed by atoms with Crippen LogP contribution >= 0.6 is 11.3 Å². The van der Waals surface area contributed by atoms with Crippen molar-refractivity contribution in [1.29, 1.82) is 0 Å². The molecule has 1 heterocycles. The third kappa shape index (κ3) is 4.76. The molecule has 1 rings (SSSR count). The molecule has 0 fully saturated rings. The van der Waals surface area contributed by atoms with Crippen molar-refractivity contribution in [2.75, 3.05) is 0 Å². The second kappa shape index (κ2) is 6.50. The summed E-state index contributed by atoms with van der Waals surface area (Å²) < 4.78 is 0. The second-order valence-electron chi connectivity index (χ2n) is 5.69. The Hall–Kier alpha value is -0.410. The molecule has 1 atom stereocenters. The molecule has 0 amide bonds. The minimum Gasteiger partial charge on any atom is -0.387 e. The number of unbranched alkanes of at least 4 members (excludes halogenated alkanes) is 3. The Morgan fingerprint density at radius 1 is 1.29 bits per heavy atom. The molecule has 98 valence electrons. The Bertz CT molecular complexity index is 327. The summed E-state index contributed by atoms with van der Waals surface area (Å²) >= 11 is 1.66. The van der Waals surface area contributed by atoms with E-state index in [1.165, 1.54) is 19.3 Å². The van der Waals surface area contributed by atoms with Crippen molar-refractivity contribution >= 4 is 11.3 Å². The van der Waals surface area contributed by atoms with E-state index in [0.29, 0.717) is 0 Å². The molecular weight excluding hydrogens is 230 g/mol. The fraction of sp³-hybridized carbons (Fsp3) is 0.786. The van der Waals surface area contributed by atoms with Crippen LogP contribution in [-0.4, -0.2) is 10.1 Å². The monoisotopic (exact) mass is 255 g/mol. The summed E-state index contributed by atoms with van der Waals surface area (Å²) in [6, 6.07) is 0. The topological polar surface area (TPSA) is 33.1 Å². The summed E-state index contributed by atoms with van der Waals surface area (Å²) in [7, 11) is 0. The number of thiazole rings is 1. The molecule has 17 heavy (non-hydrogen) atoms. The number of hydrogen-bond acceptors (Lipinski definition) is 3. The molecule has 1 aromatic heterocycles. The zero-order chi connectivity index (χ0) is 12.9. The lowest BCUT2D eigenvalue weighted by molar-refractivity contribution is 0.159. The maximum Gasteiger partial charge on any atom is 0.0983 e. The van der Waals surface area contributed by atoms with Crippen molar-refractivity contribution in [2.24, 2.45) is 0 Å². The van der Waals surface area contributed by atoms with Crippen LogP contribution in [0.2, 0.25) is 0 Å². The van der Waals surface area contributed by atoms with Gasteiger partial charge in [-0.2, -0.15) is 0 Å². The third-order valence-corrected chi connectivity index (χ3v) is 4.12. The molecule has 1 N–H and O–H groups in total. The van der Waals surface area contributed by atoms with Gasteiger partial charge in [-0.15, -0.1) is 11.3 Å². The van der Waals surface area contributed by atoms with Crippen LogP contribution in [0.25, 0.3) is 0 Å². The molecule has 0 saturated carbocycles. The molecule has 0 aromatic carbocycles. The summed E-state index contributed by atoms with van der Waals surface area (Å²) in [5.41, 5.74) is 0.946. The highest BCUT2D eigenvalue weighted by molar-refractivity contribution is 7.09. The molecule has 0 radical (unpaired) electrons. The lowest BCUT2D eigenvalue weighted by Gasteiger charge is -2.14. The first-order chi connectivity index (χ1) is 7.95. The predicted molar refractivity (Wildman–Crippen MR) is 74.5 cm³/mol. The standard InChI is InChI=1S/C14H25NOS/c1-5-6-7-8-9-12(16)11-10-17-13(15-11)14(2,3)4/h10,12,16H,5-9H2,1-4H3. The van der Waals surface area contributed by atoms with Gasteiger partial charge in [-0.3, -0.25) is 0 Å². The predicted octanol–water partition coefficient (Wildman–Crippen LogP) is 4.44. The van der Waals surface area contributed by atoms with E-state index in [9.17, 15) is 5.11 Å². The Labute approximate surface area is 109 Å². The van der Waals surface area contributed by atoms with Crippen LogP contribution < -0.4 is 0 Å². The molecule has 1 unspecified atom stereocenters. The first-order valence-corrected chi connectivity index (χ1v) is 7.47. The van der Waals surface area contributed by atoms with Crippen molar-refractivity contribution in [3.63, 3.8) is 0 Å². The van der Waals surface area contributed by atoms with Gasteiger partial charge in [-0.1, -0.05) is 53.4 Å². The van der Waals surface area contributed by atoms with Gasteiger partial charge in [-0.05, 0) is 6.42 Å². The molecule has 0 aliphatic rings. The highest BCUT2D eigenvalue weighted by Crippen LogP contribution is 2.29. The Morgan fingerprint density at radius 2 is 2.00 bits per heavy atom. The molecule has 0 aliphatic carbocycles. The van der Waals surface area contributed by atoms with Gasteiger partial charge in [0, 0.05) is 10.8 Å². The van der Waals surface area contributed by atoms with Gasteiger partial charge in [0.1, 0.15) is 0 Å². The third-order valence-electron chi connectivity index (χ3n) is 2.84. The van der Waals surface area contributed by atoms with Gasteiger partial charge in [0.2, 0.25) is 0 Å². The van der Waals surface area contributed by atoms with E-state index in [-0.39, 0.29) is 11.5 Å². The number of aliphatic hydroxyl groups excluding tert-OH is 1. The largest absolute Gasteiger partial charge is 0.387 e. The van der Waals surface area contributed by atoms with E-state index in [1.54, 1.807) is 11.3 Å². The fourth-order valence-corrected chi connectivity index (χ4v) is 2.65. The molecule has 3 heteroatoms. The van der Waals surface area contributed by atoms with Gasteiger partial charge < -0.3 is 5.11 Å². The quantitative estimate of drug-likeness (QED) is 0.762. The van der Waals surface area contributed by atoms with Gasteiger partial charge in [0.25, 0.3) is 0 Å². The molecule has 0 spiro atoms. The number of nitrogens with zero attached hydrogens (tertiary/aromatic N) is 1. The van der Waals surface area contributed by atoms with E-state index in [2.05, 4.69) is 32.7 Å². The van der Waals surface area contributed by atoms with Crippen LogP contribution in [0.15, 0.2) is 5.38 Å². The normalized spacial score (nSPS) is 13.9. The van der Waals surface area contributed by atoms with Gasteiger partial charge >= 0.3 is 0 Å². The van der Waals surface area contributed by atoms with E-state index in [1.807, 2.05) is 5.38 Å². The molecule has 1 aromatic rings. The van der Waals surface area contributed by atoms with Crippen molar-refractivity contribution in [3.05, 3.63) is 16.1 Å². The van der Waals surface area contributed by atoms with Crippen LogP contribution in [0.3, 0.4) is 0 Å². The lowest BCUT2D eigenvalue weighted by atomic mass is 9.98. The Balaban J connectivity index is 2.47. The highest BCUT2D eigenvalue weighted by atomic mass is 32.1. The first-order valence-electron chi connectivity index (χ1n) is 6.59. The molecule has 0 bridgehead atoms. The molecule has 0 saturated heterocycles. The van der Waals surface area contributed by atoms with Crippen LogP contribution in [0.4, 0.5) is 0 Å². The van der Waals surface area contributed by atoms with Gasteiger partial charge in [0.15, 0.2) is 0 Å². The first kappa shape index (κ1) is 14.7. The lowest BCUT2D eigenvalue weighted by Crippen LogP contribution is -2.11. The van der Waals surface area contributed by atoms with Crippen molar-refractivity contribution in [1.82, 2.24) is 4.98 Å². The van der Waals surface area contributed by atoms with E-state index in [4.69, 9.17) is 0 Å². The molecule has 0 aliphatic heterocycles. The number of hydrogen-bond donors (Lipinski definition) is 1. The Morgan fingerprint density at radius 3 is 2.53 bits per heavy atom. The van der Waals surface area contributed by atoms with Crippen LogP contribution in [0, 0.1) is 0 Å².